The van der Waals surface area contributed by atoms with Crippen molar-refractivity contribution in [3.63, 3.8) is 0 Å². The molecule has 2 aromatic rings. The second kappa shape index (κ2) is 7.25. The van der Waals surface area contributed by atoms with Gasteiger partial charge in [0.1, 0.15) is 23.4 Å². The van der Waals surface area contributed by atoms with Gasteiger partial charge in [-0.05, 0) is 48.8 Å². The Hall–Kier alpha value is -2.50. The molecule has 6 nitrogen and oxygen atoms in total. The highest BCUT2D eigenvalue weighted by atomic mass is 16.5. The van der Waals surface area contributed by atoms with Crippen LogP contribution in [0, 0.1) is 17.8 Å². The van der Waals surface area contributed by atoms with E-state index in [1.807, 2.05) is 36.0 Å². The number of aryl methyl sites for hydroxylation is 1. The maximum absolute atomic E-state index is 13.1. The van der Waals surface area contributed by atoms with E-state index >= 15 is 0 Å². The van der Waals surface area contributed by atoms with Gasteiger partial charge in [-0.1, -0.05) is 6.42 Å². The van der Waals surface area contributed by atoms with E-state index in [1.54, 1.807) is 20.4 Å². The second-order valence-electron chi connectivity index (χ2n) is 7.77. The number of benzene rings is 1. The van der Waals surface area contributed by atoms with Gasteiger partial charge >= 0.3 is 0 Å². The average molecular weight is 369 g/mol. The normalized spacial score (nSPS) is 24.6. The van der Waals surface area contributed by atoms with Gasteiger partial charge < -0.3 is 19.4 Å². The monoisotopic (exact) mass is 369 g/mol. The number of amides is 1. The summed E-state index contributed by atoms with van der Waals surface area (Å²) < 4.78 is 12.8. The first-order valence-electron chi connectivity index (χ1n) is 9.59. The van der Waals surface area contributed by atoms with Crippen molar-refractivity contribution in [1.82, 2.24) is 14.9 Å². The first-order valence-corrected chi connectivity index (χ1v) is 9.59. The Kier molecular flexibility index (Phi) is 4.81. The summed E-state index contributed by atoms with van der Waals surface area (Å²) in [6.07, 6.45) is 8.34. The van der Waals surface area contributed by atoms with Crippen LogP contribution >= 0.6 is 0 Å². The third kappa shape index (κ3) is 3.40. The molecule has 4 unspecified atom stereocenters. The number of carbonyl (C=O) groups excluding carboxylic acids is 1. The Labute approximate surface area is 159 Å². The molecule has 1 N–H and O–H groups in total. The van der Waals surface area contributed by atoms with E-state index in [-0.39, 0.29) is 17.9 Å². The lowest BCUT2D eigenvalue weighted by molar-refractivity contribution is -0.127. The van der Waals surface area contributed by atoms with Gasteiger partial charge in [0.15, 0.2) is 0 Å². The summed E-state index contributed by atoms with van der Waals surface area (Å²) in [6, 6.07) is 5.35. The van der Waals surface area contributed by atoms with Gasteiger partial charge in [-0.25, -0.2) is 4.98 Å². The first kappa shape index (κ1) is 17.9. The summed E-state index contributed by atoms with van der Waals surface area (Å²) in [4.78, 5) is 17.6. The zero-order valence-corrected chi connectivity index (χ0v) is 16.1. The molecule has 0 radical (unpaired) electrons. The lowest BCUT2D eigenvalue weighted by Gasteiger charge is -2.25. The molecule has 4 rings (SSSR count). The van der Waals surface area contributed by atoms with E-state index in [4.69, 9.17) is 9.47 Å². The fourth-order valence-electron chi connectivity index (χ4n) is 4.76. The van der Waals surface area contributed by atoms with Gasteiger partial charge in [-0.2, -0.15) is 0 Å². The number of hydrogen-bond acceptors (Lipinski definition) is 4. The highest BCUT2D eigenvalue weighted by Crippen LogP contribution is 2.48. The third-order valence-corrected chi connectivity index (χ3v) is 6.19. The SMILES string of the molecule is COc1cc(OC)cc(C(NC(=O)C2CC3CCC2C3)c2nccn2C)c1. The molecule has 2 aliphatic rings. The molecule has 2 fully saturated rings. The summed E-state index contributed by atoms with van der Waals surface area (Å²) in [7, 11) is 5.20. The molecule has 0 saturated heterocycles. The van der Waals surface area contributed by atoms with Crippen molar-refractivity contribution in [2.24, 2.45) is 24.8 Å². The average Bonchev–Trinajstić information content (AvgIpc) is 3.42. The van der Waals surface area contributed by atoms with Crippen LogP contribution in [0.3, 0.4) is 0 Å². The van der Waals surface area contributed by atoms with Crippen molar-refractivity contribution < 1.29 is 14.3 Å². The van der Waals surface area contributed by atoms with Gasteiger partial charge in [0.2, 0.25) is 5.91 Å². The fraction of sp³-hybridized carbons (Fsp3) is 0.524. The number of aromatic nitrogens is 2. The highest BCUT2D eigenvalue weighted by Gasteiger charge is 2.43. The molecule has 1 aromatic carbocycles. The van der Waals surface area contributed by atoms with Crippen LogP contribution < -0.4 is 14.8 Å². The van der Waals surface area contributed by atoms with Crippen LogP contribution in [0.1, 0.15) is 43.1 Å². The lowest BCUT2D eigenvalue weighted by atomic mass is 9.88. The maximum Gasteiger partial charge on any atom is 0.224 e. The molecule has 1 amide bonds. The minimum atomic E-state index is -0.347. The zero-order valence-electron chi connectivity index (χ0n) is 16.1. The molecule has 4 atom stereocenters. The largest absolute Gasteiger partial charge is 0.497 e. The Balaban J connectivity index is 1.66. The van der Waals surface area contributed by atoms with Gasteiger partial charge in [0.05, 0.1) is 14.2 Å². The predicted octanol–water partition coefficient (Wildman–Crippen LogP) is 3.08. The summed E-state index contributed by atoms with van der Waals surface area (Å²) in [6.45, 7) is 0. The molecule has 2 aliphatic carbocycles. The van der Waals surface area contributed by atoms with Crippen LogP contribution in [0.15, 0.2) is 30.6 Å². The van der Waals surface area contributed by atoms with Crippen molar-refractivity contribution in [2.45, 2.75) is 31.7 Å². The molecule has 0 aliphatic heterocycles. The highest BCUT2D eigenvalue weighted by molar-refractivity contribution is 5.80. The van der Waals surface area contributed by atoms with E-state index < -0.39 is 0 Å². The van der Waals surface area contributed by atoms with Crippen LogP contribution in [0.25, 0.3) is 0 Å². The standard InChI is InChI=1S/C21H27N3O3/c1-24-7-6-22-20(24)19(15-10-16(26-2)12-17(11-15)27-3)23-21(25)18-9-13-4-5-14(18)8-13/h6-7,10-14,18-19H,4-5,8-9H2,1-3H3,(H,23,25). The molecule has 2 bridgehead atoms. The van der Waals surface area contributed by atoms with E-state index in [0.29, 0.717) is 17.4 Å². The Morgan fingerprint density at radius 3 is 2.44 bits per heavy atom. The number of nitrogens with one attached hydrogen (secondary N) is 1. The molecular formula is C21H27N3O3. The maximum atomic E-state index is 13.1. The topological polar surface area (TPSA) is 65.4 Å². The number of hydrogen-bond donors (Lipinski definition) is 1. The zero-order chi connectivity index (χ0) is 19.0. The van der Waals surface area contributed by atoms with Crippen LogP contribution in [0.2, 0.25) is 0 Å². The number of rotatable bonds is 6. The third-order valence-electron chi connectivity index (χ3n) is 6.19. The Morgan fingerprint density at radius 2 is 1.93 bits per heavy atom. The number of fused-ring (bicyclic) bond motifs is 2. The summed E-state index contributed by atoms with van der Waals surface area (Å²) in [5, 5.41) is 3.27. The second-order valence-corrected chi connectivity index (χ2v) is 7.77. The Morgan fingerprint density at radius 1 is 1.19 bits per heavy atom. The molecule has 144 valence electrons. The smallest absolute Gasteiger partial charge is 0.224 e. The van der Waals surface area contributed by atoms with E-state index in [2.05, 4.69) is 10.3 Å². The molecular weight excluding hydrogens is 342 g/mol. The fourth-order valence-corrected chi connectivity index (χ4v) is 4.76. The minimum Gasteiger partial charge on any atom is -0.497 e. The summed E-state index contributed by atoms with van der Waals surface area (Å²) in [5.41, 5.74) is 0.900. The van der Waals surface area contributed by atoms with Crippen LogP contribution in [0.5, 0.6) is 11.5 Å². The number of methoxy groups -OCH3 is 2. The molecule has 27 heavy (non-hydrogen) atoms. The first-order chi connectivity index (χ1) is 13.1. The van der Waals surface area contributed by atoms with Crippen molar-refractivity contribution in [2.75, 3.05) is 14.2 Å². The Bertz CT molecular complexity index is 810. The lowest BCUT2D eigenvalue weighted by Crippen LogP contribution is -2.37. The van der Waals surface area contributed by atoms with Gasteiger partial charge in [-0.3, -0.25) is 4.79 Å². The van der Waals surface area contributed by atoms with Crippen molar-refractivity contribution >= 4 is 5.91 Å². The van der Waals surface area contributed by atoms with Crippen molar-refractivity contribution in [3.8, 4) is 11.5 Å². The van der Waals surface area contributed by atoms with E-state index in [1.165, 1.54) is 19.3 Å². The van der Waals surface area contributed by atoms with Gasteiger partial charge in [0, 0.05) is 31.4 Å². The summed E-state index contributed by atoms with van der Waals surface area (Å²) >= 11 is 0. The molecule has 6 heteroatoms. The van der Waals surface area contributed by atoms with Gasteiger partial charge in [-0.15, -0.1) is 0 Å². The number of ether oxygens (including phenoxy) is 2. The molecule has 2 saturated carbocycles. The number of nitrogens with zero attached hydrogens (tertiary/aromatic N) is 2. The van der Waals surface area contributed by atoms with Crippen molar-refractivity contribution in [1.29, 1.82) is 0 Å². The van der Waals surface area contributed by atoms with Crippen LogP contribution in [-0.4, -0.2) is 29.7 Å². The molecule has 1 aromatic heterocycles. The van der Waals surface area contributed by atoms with Crippen LogP contribution in [-0.2, 0) is 11.8 Å². The minimum absolute atomic E-state index is 0.124. The van der Waals surface area contributed by atoms with Crippen molar-refractivity contribution in [3.05, 3.63) is 42.0 Å². The van der Waals surface area contributed by atoms with E-state index in [9.17, 15) is 4.79 Å². The quantitative estimate of drug-likeness (QED) is 0.850. The van der Waals surface area contributed by atoms with E-state index in [0.717, 1.165) is 23.7 Å². The summed E-state index contributed by atoms with van der Waals surface area (Å²) in [5.74, 6) is 3.71. The predicted molar refractivity (Wildman–Crippen MR) is 102 cm³/mol. The van der Waals surface area contributed by atoms with Gasteiger partial charge in [0.25, 0.3) is 0 Å². The molecule has 1 heterocycles. The number of carbonyl (C=O) groups is 1. The van der Waals surface area contributed by atoms with Crippen LogP contribution in [0.4, 0.5) is 0 Å². The molecule has 0 spiro atoms. The number of imidazole rings is 1.